The van der Waals surface area contributed by atoms with E-state index < -0.39 is 0 Å². The predicted molar refractivity (Wildman–Crippen MR) is 109 cm³/mol. The van der Waals surface area contributed by atoms with E-state index in [2.05, 4.69) is 32.7 Å². The van der Waals surface area contributed by atoms with Crippen LogP contribution in [0.4, 0.5) is 5.69 Å². The fourth-order valence-electron chi connectivity index (χ4n) is 3.13. The van der Waals surface area contributed by atoms with Gasteiger partial charge in [-0.1, -0.05) is 18.2 Å². The molecule has 1 fully saturated rings. The molecule has 6 heteroatoms. The molecule has 6 nitrogen and oxygen atoms in total. The van der Waals surface area contributed by atoms with Gasteiger partial charge in [0.25, 0.3) is 0 Å². The van der Waals surface area contributed by atoms with Gasteiger partial charge in [-0.05, 0) is 42.7 Å². The zero-order valence-corrected chi connectivity index (χ0v) is 15.8. The summed E-state index contributed by atoms with van der Waals surface area (Å²) in [5, 5.41) is 6.62. The highest BCUT2D eigenvalue weighted by Crippen LogP contribution is 2.21. The maximum absolute atomic E-state index is 12.0. The first-order valence-corrected chi connectivity index (χ1v) is 9.50. The summed E-state index contributed by atoms with van der Waals surface area (Å²) < 4.78 is 0. The molecule has 0 aliphatic carbocycles. The summed E-state index contributed by atoms with van der Waals surface area (Å²) in [6.07, 6.45) is 5.40. The molecular formula is C21H27N5O. The SMILES string of the molecule is CN=C(NCCc1ccccn1)NCc1ccc(N2CCCCC2=O)cc1. The lowest BCUT2D eigenvalue weighted by Gasteiger charge is -2.26. The Morgan fingerprint density at radius 3 is 2.70 bits per heavy atom. The van der Waals surface area contributed by atoms with Crippen LogP contribution in [0.15, 0.2) is 53.7 Å². The third-order valence-corrected chi connectivity index (χ3v) is 4.65. The van der Waals surface area contributed by atoms with Gasteiger partial charge in [0.05, 0.1) is 0 Å². The average molecular weight is 365 g/mol. The number of hydrogen-bond donors (Lipinski definition) is 2. The second kappa shape index (κ2) is 9.71. The molecule has 2 N–H and O–H groups in total. The molecule has 1 aliphatic rings. The van der Waals surface area contributed by atoms with Crippen LogP contribution in [-0.2, 0) is 17.8 Å². The van der Waals surface area contributed by atoms with Gasteiger partial charge >= 0.3 is 0 Å². The molecule has 27 heavy (non-hydrogen) atoms. The lowest BCUT2D eigenvalue weighted by atomic mass is 10.1. The zero-order chi connectivity index (χ0) is 18.9. The molecule has 1 saturated heterocycles. The average Bonchev–Trinajstić information content (AvgIpc) is 2.72. The molecule has 2 heterocycles. The van der Waals surface area contributed by atoms with Gasteiger partial charge in [-0.2, -0.15) is 0 Å². The minimum absolute atomic E-state index is 0.227. The number of carbonyl (C=O) groups is 1. The summed E-state index contributed by atoms with van der Waals surface area (Å²) in [7, 11) is 1.77. The van der Waals surface area contributed by atoms with Gasteiger partial charge < -0.3 is 15.5 Å². The summed E-state index contributed by atoms with van der Waals surface area (Å²) in [5.74, 6) is 0.992. The third kappa shape index (κ3) is 5.54. The molecule has 2 aromatic rings. The van der Waals surface area contributed by atoms with Gasteiger partial charge in [-0.3, -0.25) is 14.8 Å². The van der Waals surface area contributed by atoms with Crippen LogP contribution < -0.4 is 15.5 Å². The van der Waals surface area contributed by atoms with E-state index >= 15 is 0 Å². The third-order valence-electron chi connectivity index (χ3n) is 4.65. The second-order valence-corrected chi connectivity index (χ2v) is 6.59. The molecule has 142 valence electrons. The number of benzene rings is 1. The fourth-order valence-corrected chi connectivity index (χ4v) is 3.13. The number of aromatic nitrogens is 1. The molecule has 0 atom stereocenters. The highest BCUT2D eigenvalue weighted by molar-refractivity contribution is 5.93. The van der Waals surface area contributed by atoms with E-state index in [1.54, 1.807) is 7.05 Å². The summed E-state index contributed by atoms with van der Waals surface area (Å²) in [5.41, 5.74) is 3.19. The number of hydrogen-bond acceptors (Lipinski definition) is 3. The van der Waals surface area contributed by atoms with E-state index in [1.807, 2.05) is 41.4 Å². The number of aliphatic imine (C=N–C) groups is 1. The molecule has 1 aliphatic heterocycles. The van der Waals surface area contributed by atoms with Crippen LogP contribution in [0.1, 0.15) is 30.5 Å². The Morgan fingerprint density at radius 2 is 2.00 bits per heavy atom. The molecule has 0 spiro atoms. The van der Waals surface area contributed by atoms with Crippen LogP contribution >= 0.6 is 0 Å². The lowest BCUT2D eigenvalue weighted by Crippen LogP contribution is -2.38. The first-order chi connectivity index (χ1) is 13.3. The van der Waals surface area contributed by atoms with E-state index in [0.717, 1.165) is 55.3 Å². The molecular weight excluding hydrogens is 338 g/mol. The predicted octanol–water partition coefficient (Wildman–Crippen LogP) is 2.51. The van der Waals surface area contributed by atoms with Gasteiger partial charge in [-0.25, -0.2) is 0 Å². The topological polar surface area (TPSA) is 69.6 Å². The Bertz CT molecular complexity index is 758. The van der Waals surface area contributed by atoms with Crippen molar-refractivity contribution in [3.05, 3.63) is 59.9 Å². The van der Waals surface area contributed by atoms with Crippen LogP contribution in [0.2, 0.25) is 0 Å². The molecule has 0 radical (unpaired) electrons. The van der Waals surface area contributed by atoms with E-state index in [-0.39, 0.29) is 5.91 Å². The van der Waals surface area contributed by atoms with Gasteiger partial charge in [0.15, 0.2) is 5.96 Å². The minimum atomic E-state index is 0.227. The molecule has 0 saturated carbocycles. The van der Waals surface area contributed by atoms with Gasteiger partial charge in [-0.15, -0.1) is 0 Å². The molecule has 1 amide bonds. The Hall–Kier alpha value is -2.89. The second-order valence-electron chi connectivity index (χ2n) is 6.59. The van der Waals surface area contributed by atoms with Gasteiger partial charge in [0.2, 0.25) is 5.91 Å². The van der Waals surface area contributed by atoms with Crippen LogP contribution in [-0.4, -0.2) is 37.0 Å². The minimum Gasteiger partial charge on any atom is -0.356 e. The number of anilines is 1. The number of nitrogens with one attached hydrogen (secondary N) is 2. The number of carbonyl (C=O) groups excluding carboxylic acids is 1. The number of nitrogens with zero attached hydrogens (tertiary/aromatic N) is 3. The Kier molecular flexibility index (Phi) is 6.79. The van der Waals surface area contributed by atoms with E-state index in [0.29, 0.717) is 13.0 Å². The summed E-state index contributed by atoms with van der Waals surface area (Å²) in [6.45, 7) is 2.27. The molecule has 0 bridgehead atoms. The van der Waals surface area contributed by atoms with Crippen molar-refractivity contribution in [1.29, 1.82) is 0 Å². The summed E-state index contributed by atoms with van der Waals surface area (Å²) in [6, 6.07) is 14.1. The monoisotopic (exact) mass is 365 g/mol. The highest BCUT2D eigenvalue weighted by Gasteiger charge is 2.19. The van der Waals surface area contributed by atoms with Crippen molar-refractivity contribution in [2.75, 3.05) is 25.0 Å². The number of rotatable bonds is 6. The molecule has 3 rings (SSSR count). The van der Waals surface area contributed by atoms with Crippen molar-refractivity contribution in [2.45, 2.75) is 32.2 Å². The van der Waals surface area contributed by atoms with E-state index in [1.165, 1.54) is 0 Å². The molecule has 1 aromatic carbocycles. The smallest absolute Gasteiger partial charge is 0.226 e. The molecule has 1 aromatic heterocycles. The highest BCUT2D eigenvalue weighted by atomic mass is 16.2. The van der Waals surface area contributed by atoms with Gasteiger partial charge in [0.1, 0.15) is 0 Å². The van der Waals surface area contributed by atoms with E-state index in [9.17, 15) is 4.79 Å². The standard InChI is InChI=1S/C21H27N5O/c1-22-21(24-14-12-18-6-2-4-13-23-18)25-16-17-8-10-19(11-9-17)26-15-5-3-7-20(26)27/h2,4,6,8-11,13H,3,5,7,12,14-16H2,1H3,(H2,22,24,25). The maximum atomic E-state index is 12.0. The zero-order valence-electron chi connectivity index (χ0n) is 15.8. The van der Waals surface area contributed by atoms with Crippen LogP contribution in [0, 0.1) is 0 Å². The van der Waals surface area contributed by atoms with Crippen molar-refractivity contribution < 1.29 is 4.79 Å². The lowest BCUT2D eigenvalue weighted by molar-refractivity contribution is -0.119. The van der Waals surface area contributed by atoms with Crippen LogP contribution in [0.25, 0.3) is 0 Å². The number of piperidine rings is 1. The number of amides is 1. The summed E-state index contributed by atoms with van der Waals surface area (Å²) >= 11 is 0. The van der Waals surface area contributed by atoms with Crippen molar-refractivity contribution in [2.24, 2.45) is 4.99 Å². The van der Waals surface area contributed by atoms with E-state index in [4.69, 9.17) is 0 Å². The van der Waals surface area contributed by atoms with Crippen molar-refractivity contribution in [1.82, 2.24) is 15.6 Å². The first-order valence-electron chi connectivity index (χ1n) is 9.50. The normalized spacial score (nSPS) is 14.9. The van der Waals surface area contributed by atoms with Gasteiger partial charge in [0, 0.05) is 57.1 Å². The summed E-state index contributed by atoms with van der Waals surface area (Å²) in [4.78, 5) is 22.5. The van der Waals surface area contributed by atoms with Crippen LogP contribution in [0.5, 0.6) is 0 Å². The van der Waals surface area contributed by atoms with Crippen molar-refractivity contribution >= 4 is 17.6 Å². The molecule has 0 unspecified atom stereocenters. The Balaban J connectivity index is 1.46. The van der Waals surface area contributed by atoms with Crippen LogP contribution in [0.3, 0.4) is 0 Å². The van der Waals surface area contributed by atoms with Crippen molar-refractivity contribution in [3.63, 3.8) is 0 Å². The Morgan fingerprint density at radius 1 is 1.15 bits per heavy atom. The maximum Gasteiger partial charge on any atom is 0.226 e. The fraction of sp³-hybridized carbons (Fsp3) is 0.381. The largest absolute Gasteiger partial charge is 0.356 e. The van der Waals surface area contributed by atoms with Crippen molar-refractivity contribution in [3.8, 4) is 0 Å². The Labute approximate surface area is 160 Å². The number of pyridine rings is 1. The first kappa shape index (κ1) is 18.9. The number of guanidine groups is 1. The quantitative estimate of drug-likeness (QED) is 0.610.